The molecule has 1 unspecified atom stereocenters. The summed E-state index contributed by atoms with van der Waals surface area (Å²) in [7, 11) is -3.87. The van der Waals surface area contributed by atoms with Gasteiger partial charge in [0.2, 0.25) is 15.9 Å². The van der Waals surface area contributed by atoms with Crippen molar-refractivity contribution in [2.75, 3.05) is 17.6 Å². The van der Waals surface area contributed by atoms with Gasteiger partial charge in [-0.25, -0.2) is 13.6 Å². The van der Waals surface area contributed by atoms with Crippen LogP contribution in [0.25, 0.3) is 0 Å². The van der Waals surface area contributed by atoms with E-state index in [2.05, 4.69) is 10.6 Å². The van der Waals surface area contributed by atoms with E-state index < -0.39 is 10.0 Å². The Bertz CT molecular complexity index is 601. The quantitative estimate of drug-likeness (QED) is 0.549. The Balaban J connectivity index is 2.66. The second-order valence-corrected chi connectivity index (χ2v) is 6.38. The molecule has 0 radical (unpaired) electrons. The van der Waals surface area contributed by atoms with Crippen molar-refractivity contribution in [1.29, 1.82) is 0 Å². The van der Waals surface area contributed by atoms with E-state index in [0.717, 1.165) is 6.42 Å². The van der Waals surface area contributed by atoms with Gasteiger partial charge in [0.25, 0.3) is 0 Å². The fourth-order valence-electron chi connectivity index (χ4n) is 1.68. The van der Waals surface area contributed by atoms with Crippen molar-refractivity contribution >= 4 is 27.3 Å². The summed E-state index contributed by atoms with van der Waals surface area (Å²) < 4.78 is 23.0. The average Bonchev–Trinajstić information content (AvgIpc) is 2.39. The Hall–Kier alpha value is -1.80. The van der Waals surface area contributed by atoms with E-state index in [1.54, 1.807) is 6.07 Å². The fourth-order valence-corrected chi connectivity index (χ4v) is 2.43. The number of carbonyl (C=O) groups excluding carboxylic acids is 1. The van der Waals surface area contributed by atoms with Crippen LogP contribution in [0.1, 0.15) is 26.7 Å². The smallest absolute Gasteiger partial charge is 0.240 e. The molecule has 1 amide bonds. The minimum Gasteiger partial charge on any atom is -0.399 e. The highest BCUT2D eigenvalue weighted by atomic mass is 32.2. The van der Waals surface area contributed by atoms with Gasteiger partial charge in [-0.1, -0.05) is 6.92 Å². The third-order valence-electron chi connectivity index (χ3n) is 3.00. The van der Waals surface area contributed by atoms with Gasteiger partial charge in [0.15, 0.2) is 0 Å². The molecule has 0 aliphatic carbocycles. The van der Waals surface area contributed by atoms with Crippen LogP contribution in [-0.2, 0) is 14.8 Å². The maximum absolute atomic E-state index is 11.6. The van der Waals surface area contributed by atoms with Gasteiger partial charge in [0.05, 0.1) is 5.69 Å². The Morgan fingerprint density at radius 3 is 2.62 bits per heavy atom. The predicted octanol–water partition coefficient (Wildman–Crippen LogP) is 0.633. The van der Waals surface area contributed by atoms with E-state index in [0.29, 0.717) is 17.9 Å². The molecule has 0 aliphatic rings. The number of anilines is 2. The van der Waals surface area contributed by atoms with Gasteiger partial charge in [0.1, 0.15) is 4.90 Å². The molecular formula is C13H22N4O3S. The first-order valence-electron chi connectivity index (χ1n) is 6.69. The van der Waals surface area contributed by atoms with Gasteiger partial charge in [-0.05, 0) is 31.5 Å². The summed E-state index contributed by atoms with van der Waals surface area (Å²) in [6.07, 6.45) is 1.09. The molecule has 118 valence electrons. The molecule has 0 fully saturated rings. The van der Waals surface area contributed by atoms with Gasteiger partial charge in [-0.15, -0.1) is 0 Å². The summed E-state index contributed by atoms with van der Waals surface area (Å²) in [4.78, 5) is 11.5. The highest BCUT2D eigenvalue weighted by molar-refractivity contribution is 7.89. The Morgan fingerprint density at radius 2 is 2.05 bits per heavy atom. The SMILES string of the molecule is CCC(C)NC(=O)CCNc1ccc(N)cc1S(N)(=O)=O. The van der Waals surface area contributed by atoms with Crippen LogP contribution in [0.2, 0.25) is 0 Å². The van der Waals surface area contributed by atoms with E-state index in [-0.39, 0.29) is 23.3 Å². The number of hydrogen-bond donors (Lipinski definition) is 4. The molecule has 7 nitrogen and oxygen atoms in total. The topological polar surface area (TPSA) is 127 Å². The first kappa shape index (κ1) is 17.3. The minimum absolute atomic E-state index is 0.0789. The van der Waals surface area contributed by atoms with Gasteiger partial charge < -0.3 is 16.4 Å². The summed E-state index contributed by atoms with van der Waals surface area (Å²) in [6.45, 7) is 4.20. The van der Waals surface area contributed by atoms with Crippen LogP contribution >= 0.6 is 0 Å². The van der Waals surface area contributed by atoms with Crippen molar-refractivity contribution in [2.45, 2.75) is 37.6 Å². The molecule has 6 N–H and O–H groups in total. The van der Waals surface area contributed by atoms with Crippen molar-refractivity contribution in [3.63, 3.8) is 0 Å². The van der Waals surface area contributed by atoms with Crippen LogP contribution < -0.4 is 21.5 Å². The highest BCUT2D eigenvalue weighted by Crippen LogP contribution is 2.22. The minimum atomic E-state index is -3.87. The molecule has 0 saturated heterocycles. The third kappa shape index (κ3) is 5.60. The number of nitrogens with one attached hydrogen (secondary N) is 2. The molecule has 0 spiro atoms. The van der Waals surface area contributed by atoms with Crippen LogP contribution in [0.3, 0.4) is 0 Å². The molecule has 0 heterocycles. The number of amides is 1. The molecule has 21 heavy (non-hydrogen) atoms. The maximum atomic E-state index is 11.6. The van der Waals surface area contributed by atoms with Crippen molar-refractivity contribution in [3.05, 3.63) is 18.2 Å². The van der Waals surface area contributed by atoms with Gasteiger partial charge in [-0.3, -0.25) is 4.79 Å². The normalized spacial score (nSPS) is 12.7. The van der Waals surface area contributed by atoms with E-state index in [1.165, 1.54) is 12.1 Å². The van der Waals surface area contributed by atoms with E-state index in [4.69, 9.17) is 10.9 Å². The predicted molar refractivity (Wildman–Crippen MR) is 83.2 cm³/mol. The summed E-state index contributed by atoms with van der Waals surface area (Å²) in [5.74, 6) is -0.0931. The van der Waals surface area contributed by atoms with Crippen LogP contribution in [0, 0.1) is 0 Å². The zero-order valence-electron chi connectivity index (χ0n) is 12.2. The van der Waals surface area contributed by atoms with E-state index in [9.17, 15) is 13.2 Å². The lowest BCUT2D eigenvalue weighted by Crippen LogP contribution is -2.33. The number of primary sulfonamides is 1. The first-order chi connectivity index (χ1) is 9.74. The monoisotopic (exact) mass is 314 g/mol. The largest absolute Gasteiger partial charge is 0.399 e. The standard InChI is InChI=1S/C13H22N4O3S/c1-3-9(2)17-13(18)6-7-16-11-5-4-10(14)8-12(11)21(15,19)20/h4-5,8-9,16H,3,6-7,14H2,1-2H3,(H,17,18)(H2,15,19,20). The van der Waals surface area contributed by atoms with Crippen LogP contribution in [0.15, 0.2) is 23.1 Å². The maximum Gasteiger partial charge on any atom is 0.240 e. The lowest BCUT2D eigenvalue weighted by molar-refractivity contribution is -0.121. The first-order valence-corrected chi connectivity index (χ1v) is 8.24. The number of hydrogen-bond acceptors (Lipinski definition) is 5. The lowest BCUT2D eigenvalue weighted by atomic mass is 10.2. The number of carbonyl (C=O) groups is 1. The van der Waals surface area contributed by atoms with Gasteiger partial charge in [-0.2, -0.15) is 0 Å². The van der Waals surface area contributed by atoms with E-state index in [1.807, 2.05) is 13.8 Å². The molecule has 0 saturated carbocycles. The highest BCUT2D eigenvalue weighted by Gasteiger charge is 2.14. The van der Waals surface area contributed by atoms with Gasteiger partial charge in [0, 0.05) is 24.7 Å². The van der Waals surface area contributed by atoms with Crippen molar-refractivity contribution in [2.24, 2.45) is 5.14 Å². The molecule has 1 atom stereocenters. The molecule has 1 rings (SSSR count). The fraction of sp³-hybridized carbons (Fsp3) is 0.462. The molecule has 1 aromatic rings. The summed E-state index contributed by atoms with van der Waals surface area (Å²) in [5.41, 5.74) is 6.20. The third-order valence-corrected chi connectivity index (χ3v) is 3.95. The summed E-state index contributed by atoms with van der Waals surface area (Å²) >= 11 is 0. The Morgan fingerprint density at radius 1 is 1.38 bits per heavy atom. The number of nitrogens with two attached hydrogens (primary N) is 2. The average molecular weight is 314 g/mol. The molecule has 0 bridgehead atoms. The zero-order chi connectivity index (χ0) is 16.0. The Labute approximate surface area is 125 Å². The van der Waals surface area contributed by atoms with Crippen molar-refractivity contribution in [3.8, 4) is 0 Å². The van der Waals surface area contributed by atoms with Gasteiger partial charge >= 0.3 is 0 Å². The van der Waals surface area contributed by atoms with Crippen molar-refractivity contribution in [1.82, 2.24) is 5.32 Å². The zero-order valence-corrected chi connectivity index (χ0v) is 13.0. The summed E-state index contributed by atoms with van der Waals surface area (Å²) in [5, 5.41) is 10.9. The molecule has 0 aliphatic heterocycles. The molecular weight excluding hydrogens is 292 g/mol. The van der Waals surface area contributed by atoms with Crippen molar-refractivity contribution < 1.29 is 13.2 Å². The number of sulfonamides is 1. The second kappa shape index (κ2) is 7.28. The molecule has 0 aromatic heterocycles. The summed E-state index contributed by atoms with van der Waals surface area (Å²) in [6, 6.07) is 4.50. The lowest BCUT2D eigenvalue weighted by Gasteiger charge is -2.13. The van der Waals surface area contributed by atoms with E-state index >= 15 is 0 Å². The van der Waals surface area contributed by atoms with Crippen LogP contribution in [-0.4, -0.2) is 26.9 Å². The number of nitrogen functional groups attached to an aromatic ring is 1. The van der Waals surface area contributed by atoms with Crippen LogP contribution in [0.5, 0.6) is 0 Å². The Kier molecular flexibility index (Phi) is 5.98. The number of rotatable bonds is 7. The number of benzene rings is 1. The molecule has 1 aromatic carbocycles. The second-order valence-electron chi connectivity index (χ2n) is 4.85. The van der Waals surface area contributed by atoms with Crippen LogP contribution in [0.4, 0.5) is 11.4 Å². The molecule has 8 heteroatoms.